The molecule has 2 aliphatic rings. The van der Waals surface area contributed by atoms with Crippen LogP contribution < -0.4 is 5.43 Å². The molecule has 3 aromatic rings. The molecule has 2 saturated heterocycles. The lowest BCUT2D eigenvalue weighted by Crippen LogP contribution is -2.55. The molecule has 0 aliphatic carbocycles. The summed E-state index contributed by atoms with van der Waals surface area (Å²) in [7, 11) is 0. The third kappa shape index (κ3) is 4.79. The lowest BCUT2D eigenvalue weighted by molar-refractivity contribution is -0.234. The van der Waals surface area contributed by atoms with E-state index in [1.54, 1.807) is 0 Å². The van der Waals surface area contributed by atoms with E-state index in [0.29, 0.717) is 0 Å². The number of phenolic OH excluding ortho intramolecular Hbond substituents is 3. The molecule has 11 N–H and O–H groups in total. The summed E-state index contributed by atoms with van der Waals surface area (Å²) in [6, 6.07) is 6.37. The van der Waals surface area contributed by atoms with Crippen molar-refractivity contribution in [2.24, 2.45) is 0 Å². The van der Waals surface area contributed by atoms with E-state index in [9.17, 15) is 61.0 Å². The highest BCUT2D eigenvalue weighted by Crippen LogP contribution is 2.51. The van der Waals surface area contributed by atoms with Crippen molar-refractivity contribution in [2.75, 3.05) is 13.2 Å². The predicted octanol–water partition coefficient (Wildman–Crippen LogP) is -2.39. The van der Waals surface area contributed by atoms with Crippen molar-refractivity contribution in [2.45, 2.75) is 61.0 Å². The highest BCUT2D eigenvalue weighted by Gasteiger charge is 2.50. The van der Waals surface area contributed by atoms with Crippen LogP contribution in [0.15, 0.2) is 39.5 Å². The summed E-state index contributed by atoms with van der Waals surface area (Å²) in [6.07, 6.45) is -18.2. The molecule has 5 rings (SSSR count). The maximum absolute atomic E-state index is 13.5. The van der Waals surface area contributed by atoms with Crippen molar-refractivity contribution in [1.29, 1.82) is 0 Å². The zero-order chi connectivity index (χ0) is 30.6. The smallest absolute Gasteiger partial charge is 0.197 e. The van der Waals surface area contributed by atoms with E-state index in [2.05, 4.69) is 0 Å². The number of aliphatic hydroxyl groups excluding tert-OH is 8. The fourth-order valence-electron chi connectivity index (χ4n) is 5.39. The van der Waals surface area contributed by atoms with E-state index < -0.39 is 113 Å². The average molecular weight is 595 g/mol. The molecule has 0 bridgehead atoms. The molecule has 1 aromatic heterocycles. The molecule has 2 aromatic carbocycles. The summed E-state index contributed by atoms with van der Waals surface area (Å²) in [5.41, 5.74) is -2.48. The van der Waals surface area contributed by atoms with Gasteiger partial charge in [-0.25, -0.2) is 0 Å². The Kier molecular flexibility index (Phi) is 8.16. The van der Waals surface area contributed by atoms with Gasteiger partial charge < -0.3 is 70.1 Å². The molecule has 15 heteroatoms. The molecular formula is C27H30O15. The third-order valence-corrected chi connectivity index (χ3v) is 7.70. The molecule has 15 nitrogen and oxygen atoms in total. The molecule has 10 atom stereocenters. The molecule has 3 heterocycles. The third-order valence-electron chi connectivity index (χ3n) is 7.70. The second-order valence-electron chi connectivity index (χ2n) is 10.2. The Bertz CT molecular complexity index is 1500. The van der Waals surface area contributed by atoms with Crippen molar-refractivity contribution in [3.63, 3.8) is 0 Å². The molecule has 0 radical (unpaired) electrons. The van der Waals surface area contributed by atoms with Crippen molar-refractivity contribution in [3.8, 4) is 28.6 Å². The van der Waals surface area contributed by atoms with Crippen LogP contribution in [0, 0.1) is 0 Å². The Balaban J connectivity index is 1.82. The Morgan fingerprint density at radius 2 is 1.14 bits per heavy atom. The molecule has 0 saturated carbocycles. The normalized spacial score (nSPS) is 33.6. The Morgan fingerprint density at radius 1 is 0.643 bits per heavy atom. The van der Waals surface area contributed by atoms with Crippen molar-refractivity contribution in [1.82, 2.24) is 0 Å². The molecule has 2 fully saturated rings. The molecule has 228 valence electrons. The number of ether oxygens (including phenoxy) is 2. The lowest BCUT2D eigenvalue weighted by Gasteiger charge is -2.42. The largest absolute Gasteiger partial charge is 0.508 e. The van der Waals surface area contributed by atoms with E-state index >= 15 is 0 Å². The first-order valence-electron chi connectivity index (χ1n) is 12.9. The quantitative estimate of drug-likeness (QED) is 0.147. The standard InChI is InChI=1S/C27H30O15/c28-6-12-17(32)21(36)23(38)26(41-12)15-19(34)14-10(31)5-11(8-1-3-9(30)4-2-8)40-25(14)16(20(15)35)27-24(39)22(37)18(33)13(7-29)42-27/h1-5,12-13,17-18,21-24,26-30,32-39H,6-7H2/t12-,13-,17+,18+,21+,22+,23-,24+,26+,27+/m1/s1. The number of hydrogen-bond acceptors (Lipinski definition) is 15. The van der Waals surface area contributed by atoms with Gasteiger partial charge in [0, 0.05) is 11.6 Å². The van der Waals surface area contributed by atoms with Crippen LogP contribution in [0.2, 0.25) is 0 Å². The monoisotopic (exact) mass is 594 g/mol. The summed E-state index contributed by atoms with van der Waals surface area (Å²) < 4.78 is 17.0. The van der Waals surface area contributed by atoms with Crippen LogP contribution in [0.1, 0.15) is 23.3 Å². The molecule has 0 amide bonds. The summed E-state index contributed by atoms with van der Waals surface area (Å²) >= 11 is 0. The Hall–Kier alpha value is -3.35. The van der Waals surface area contributed by atoms with Crippen molar-refractivity contribution in [3.05, 3.63) is 51.7 Å². The summed E-state index contributed by atoms with van der Waals surface area (Å²) in [6.45, 7) is -1.70. The van der Waals surface area contributed by atoms with Crippen LogP contribution >= 0.6 is 0 Å². The molecule has 2 aliphatic heterocycles. The molecule has 0 unspecified atom stereocenters. The summed E-state index contributed by atoms with van der Waals surface area (Å²) in [4.78, 5) is 13.5. The second-order valence-corrected chi connectivity index (χ2v) is 10.2. The van der Waals surface area contributed by atoms with Gasteiger partial charge in [0.15, 0.2) is 11.0 Å². The number of phenols is 3. The van der Waals surface area contributed by atoms with E-state index in [4.69, 9.17) is 13.9 Å². The lowest BCUT2D eigenvalue weighted by atomic mass is 9.85. The summed E-state index contributed by atoms with van der Waals surface area (Å²) in [5.74, 6) is -2.20. The van der Waals surface area contributed by atoms with Gasteiger partial charge in [-0.1, -0.05) is 0 Å². The van der Waals surface area contributed by atoms with Crippen molar-refractivity contribution < 1.29 is 70.1 Å². The van der Waals surface area contributed by atoms with Crippen LogP contribution in [0.5, 0.6) is 17.2 Å². The first kappa shape index (κ1) is 30.1. The minimum absolute atomic E-state index is 0.0941. The van der Waals surface area contributed by atoms with Crippen molar-refractivity contribution >= 4 is 11.0 Å². The number of fused-ring (bicyclic) bond motifs is 1. The minimum atomic E-state index is -2.02. The van der Waals surface area contributed by atoms with E-state index in [0.717, 1.165) is 6.07 Å². The van der Waals surface area contributed by atoms with E-state index in [1.807, 2.05) is 0 Å². The van der Waals surface area contributed by atoms with Crippen LogP contribution in [0.3, 0.4) is 0 Å². The number of aromatic hydroxyl groups is 3. The zero-order valence-electron chi connectivity index (χ0n) is 21.6. The van der Waals surface area contributed by atoms with Gasteiger partial charge in [-0.3, -0.25) is 4.79 Å². The van der Waals surface area contributed by atoms with Gasteiger partial charge >= 0.3 is 0 Å². The maximum Gasteiger partial charge on any atom is 0.197 e. The Labute approximate surface area is 235 Å². The average Bonchev–Trinajstić information content (AvgIpc) is 2.97. The number of aliphatic hydroxyl groups is 8. The van der Waals surface area contributed by atoms with Crippen LogP contribution in [0.25, 0.3) is 22.3 Å². The predicted molar refractivity (Wildman–Crippen MR) is 138 cm³/mol. The number of hydrogen-bond donors (Lipinski definition) is 11. The van der Waals surface area contributed by atoms with E-state index in [1.165, 1.54) is 24.3 Å². The second kappa shape index (κ2) is 11.4. The number of benzene rings is 2. The topological polar surface area (TPSA) is 271 Å². The minimum Gasteiger partial charge on any atom is -0.508 e. The highest BCUT2D eigenvalue weighted by atomic mass is 16.6. The Morgan fingerprint density at radius 3 is 1.64 bits per heavy atom. The summed E-state index contributed by atoms with van der Waals surface area (Å²) in [5, 5.41) is 114. The van der Waals surface area contributed by atoms with Gasteiger partial charge in [0.1, 0.15) is 89.4 Å². The van der Waals surface area contributed by atoms with Gasteiger partial charge in [-0.2, -0.15) is 0 Å². The SMILES string of the molecule is O=c1cc(-c2ccc(O)cc2)oc2c([C@@H]3O[C@H](CO)[C@H](O)[C@H](O)[C@@H]3O)c(O)c([C@@H]3O[C@H](CO)[C@H](O)[C@H](O)[C@H]3O)c(O)c12. The van der Waals surface area contributed by atoms with Crippen LogP contribution in [-0.2, 0) is 9.47 Å². The fourth-order valence-corrected chi connectivity index (χ4v) is 5.39. The van der Waals surface area contributed by atoms with Crippen LogP contribution in [0.4, 0.5) is 0 Å². The van der Waals surface area contributed by atoms with E-state index in [-0.39, 0.29) is 17.1 Å². The van der Waals surface area contributed by atoms with Gasteiger partial charge in [-0.05, 0) is 24.3 Å². The maximum atomic E-state index is 13.5. The molecule has 0 spiro atoms. The first-order chi connectivity index (χ1) is 19.9. The van der Waals surface area contributed by atoms with Gasteiger partial charge in [-0.15, -0.1) is 0 Å². The van der Waals surface area contributed by atoms with Gasteiger partial charge in [0.2, 0.25) is 0 Å². The van der Waals surface area contributed by atoms with Gasteiger partial charge in [0.05, 0.1) is 24.3 Å². The van der Waals surface area contributed by atoms with Crippen LogP contribution in [-0.4, -0.2) is 118 Å². The van der Waals surface area contributed by atoms with Gasteiger partial charge in [0.25, 0.3) is 0 Å². The molecule has 42 heavy (non-hydrogen) atoms. The number of rotatable bonds is 5. The molecular weight excluding hydrogens is 564 g/mol. The first-order valence-corrected chi connectivity index (χ1v) is 12.9. The fraction of sp³-hybridized carbons (Fsp3) is 0.444. The highest BCUT2D eigenvalue weighted by molar-refractivity contribution is 5.92. The zero-order valence-corrected chi connectivity index (χ0v) is 21.6.